The van der Waals surface area contributed by atoms with E-state index in [1.54, 1.807) is 48.5 Å². The zero-order valence-corrected chi connectivity index (χ0v) is 22.6. The van der Waals surface area contributed by atoms with Gasteiger partial charge in [0.2, 0.25) is 0 Å². The Morgan fingerprint density at radius 3 is 2.35 bits per heavy atom. The Bertz CT molecular complexity index is 1670. The molecule has 4 aromatic rings. The Balaban J connectivity index is 1.21. The summed E-state index contributed by atoms with van der Waals surface area (Å²) in [6.45, 7) is 0. The molecule has 0 unspecified atom stereocenters. The molecule has 2 aliphatic rings. The average Bonchev–Trinajstić information content (AvgIpc) is 3.48. The fourth-order valence-electron chi connectivity index (χ4n) is 5.44. The number of allylic oxidation sites excluding steroid dienone is 2. The molecule has 0 bridgehead atoms. The molecule has 3 atom stereocenters. The van der Waals surface area contributed by atoms with Gasteiger partial charge in [0.15, 0.2) is 0 Å². The number of para-hydroxylation sites is 1. The van der Waals surface area contributed by atoms with Crippen LogP contribution >= 0.6 is 0 Å². The lowest BCUT2D eigenvalue weighted by Gasteiger charge is -2.37. The lowest BCUT2D eigenvalue weighted by Crippen LogP contribution is -2.29. The SMILES string of the molecule is COC(=O)c1ccc([C@H]2Nc3ccc(S(=O)(=O)Nc4ccc(Oc5ccccc5)cc4)cc3[C@H]3C=CC[C@H]32)cc1. The van der Waals surface area contributed by atoms with E-state index in [0.29, 0.717) is 22.7 Å². The van der Waals surface area contributed by atoms with E-state index in [1.165, 1.54) is 7.11 Å². The van der Waals surface area contributed by atoms with Crippen molar-refractivity contribution < 1.29 is 22.7 Å². The number of nitrogens with one attached hydrogen (secondary N) is 2. The summed E-state index contributed by atoms with van der Waals surface area (Å²) in [6.07, 6.45) is 5.18. The molecule has 4 aromatic carbocycles. The van der Waals surface area contributed by atoms with Gasteiger partial charge in [0.25, 0.3) is 10.0 Å². The first-order chi connectivity index (χ1) is 19.4. The standard InChI is InChI=1S/C32H28N2O5S/c1-38-32(35)22-12-10-21(11-13-22)31-28-9-5-8-27(28)29-20-26(18-19-30(29)33-31)40(36,37)34-23-14-16-25(17-15-23)39-24-6-3-2-4-7-24/h2-8,10-20,27-28,31,33-34H,9H2,1H3/t27-,28+,31+/m0/s1. The molecule has 0 saturated carbocycles. The van der Waals surface area contributed by atoms with E-state index in [4.69, 9.17) is 9.47 Å². The molecule has 1 aliphatic heterocycles. The Morgan fingerprint density at radius 1 is 0.900 bits per heavy atom. The second kappa shape index (κ2) is 10.5. The Hall–Kier alpha value is -4.56. The van der Waals surface area contributed by atoms with Gasteiger partial charge in [-0.3, -0.25) is 4.72 Å². The van der Waals surface area contributed by atoms with E-state index in [9.17, 15) is 13.2 Å². The van der Waals surface area contributed by atoms with Crippen LogP contribution in [-0.2, 0) is 14.8 Å². The second-order valence-electron chi connectivity index (χ2n) is 9.88. The lowest BCUT2D eigenvalue weighted by molar-refractivity contribution is 0.0600. The van der Waals surface area contributed by atoms with Gasteiger partial charge in [-0.05, 0) is 90.2 Å². The van der Waals surface area contributed by atoms with Crippen molar-refractivity contribution in [2.75, 3.05) is 17.1 Å². The number of rotatable bonds is 7. The molecule has 0 amide bonds. The fourth-order valence-corrected chi connectivity index (χ4v) is 6.54. The van der Waals surface area contributed by atoms with Crippen molar-refractivity contribution in [3.63, 3.8) is 0 Å². The molecule has 8 heteroatoms. The van der Waals surface area contributed by atoms with Crippen LogP contribution in [0, 0.1) is 5.92 Å². The van der Waals surface area contributed by atoms with Crippen molar-refractivity contribution in [3.8, 4) is 11.5 Å². The summed E-state index contributed by atoms with van der Waals surface area (Å²) in [5.74, 6) is 1.25. The van der Waals surface area contributed by atoms with Gasteiger partial charge in [-0.25, -0.2) is 13.2 Å². The Kier molecular flexibility index (Phi) is 6.77. The topological polar surface area (TPSA) is 93.7 Å². The number of hydrogen-bond donors (Lipinski definition) is 2. The fraction of sp³-hybridized carbons (Fsp3) is 0.156. The predicted octanol–water partition coefficient (Wildman–Crippen LogP) is 6.89. The maximum atomic E-state index is 13.3. The largest absolute Gasteiger partial charge is 0.465 e. The minimum absolute atomic E-state index is 0.0244. The molecule has 0 spiro atoms. The number of esters is 1. The average molecular weight is 553 g/mol. The van der Waals surface area contributed by atoms with Crippen LogP contribution in [0.5, 0.6) is 11.5 Å². The third-order valence-electron chi connectivity index (χ3n) is 7.42. The van der Waals surface area contributed by atoms with Crippen molar-refractivity contribution >= 4 is 27.4 Å². The maximum absolute atomic E-state index is 13.3. The van der Waals surface area contributed by atoms with Crippen LogP contribution in [0.2, 0.25) is 0 Å². The number of fused-ring (bicyclic) bond motifs is 3. The molecule has 0 aromatic heterocycles. The molecule has 2 N–H and O–H groups in total. The van der Waals surface area contributed by atoms with Gasteiger partial charge in [0.1, 0.15) is 11.5 Å². The summed E-state index contributed by atoms with van der Waals surface area (Å²) in [5.41, 5.74) is 3.87. The Labute approximate surface area is 233 Å². The van der Waals surface area contributed by atoms with E-state index >= 15 is 0 Å². The van der Waals surface area contributed by atoms with Gasteiger partial charge in [-0.2, -0.15) is 0 Å². The van der Waals surface area contributed by atoms with Gasteiger partial charge >= 0.3 is 5.97 Å². The van der Waals surface area contributed by atoms with Crippen molar-refractivity contribution in [1.82, 2.24) is 0 Å². The highest BCUT2D eigenvalue weighted by molar-refractivity contribution is 7.92. The normalized spacial score (nSPS) is 19.2. The molecule has 40 heavy (non-hydrogen) atoms. The number of hydrogen-bond acceptors (Lipinski definition) is 6. The highest BCUT2D eigenvalue weighted by Crippen LogP contribution is 2.50. The first-order valence-electron chi connectivity index (χ1n) is 13.0. The number of ether oxygens (including phenoxy) is 2. The van der Waals surface area contributed by atoms with E-state index in [0.717, 1.165) is 23.2 Å². The van der Waals surface area contributed by atoms with E-state index in [1.807, 2.05) is 48.5 Å². The van der Waals surface area contributed by atoms with Crippen LogP contribution in [0.25, 0.3) is 0 Å². The van der Waals surface area contributed by atoms with Crippen LogP contribution in [0.4, 0.5) is 11.4 Å². The molecular weight excluding hydrogens is 524 g/mol. The first kappa shape index (κ1) is 25.7. The summed E-state index contributed by atoms with van der Waals surface area (Å²) < 4.78 is 40.0. The number of sulfonamides is 1. The third kappa shape index (κ3) is 5.05. The molecule has 6 rings (SSSR count). The van der Waals surface area contributed by atoms with Crippen LogP contribution < -0.4 is 14.8 Å². The minimum Gasteiger partial charge on any atom is -0.465 e. The number of anilines is 2. The number of carbonyl (C=O) groups is 1. The second-order valence-corrected chi connectivity index (χ2v) is 11.6. The summed E-state index contributed by atoms with van der Waals surface area (Å²) in [5, 5.41) is 3.62. The predicted molar refractivity (Wildman–Crippen MR) is 154 cm³/mol. The third-order valence-corrected chi connectivity index (χ3v) is 8.80. The zero-order valence-electron chi connectivity index (χ0n) is 21.8. The number of methoxy groups -OCH3 is 1. The highest BCUT2D eigenvalue weighted by atomic mass is 32.2. The Morgan fingerprint density at radius 2 is 1.62 bits per heavy atom. The molecule has 0 saturated heterocycles. The monoisotopic (exact) mass is 552 g/mol. The highest BCUT2D eigenvalue weighted by Gasteiger charge is 2.38. The van der Waals surface area contributed by atoms with E-state index in [-0.39, 0.29) is 28.7 Å². The molecular formula is C32H28N2O5S. The smallest absolute Gasteiger partial charge is 0.337 e. The van der Waals surface area contributed by atoms with Crippen LogP contribution in [0.15, 0.2) is 114 Å². The van der Waals surface area contributed by atoms with Gasteiger partial charge in [-0.1, -0.05) is 42.5 Å². The van der Waals surface area contributed by atoms with Crippen molar-refractivity contribution in [1.29, 1.82) is 0 Å². The molecule has 1 aliphatic carbocycles. The molecule has 0 radical (unpaired) electrons. The number of carbonyl (C=O) groups excluding carboxylic acids is 1. The van der Waals surface area contributed by atoms with Gasteiger partial charge < -0.3 is 14.8 Å². The maximum Gasteiger partial charge on any atom is 0.337 e. The van der Waals surface area contributed by atoms with Crippen molar-refractivity contribution in [2.24, 2.45) is 5.92 Å². The van der Waals surface area contributed by atoms with Gasteiger partial charge in [0, 0.05) is 17.3 Å². The van der Waals surface area contributed by atoms with Crippen LogP contribution in [0.1, 0.15) is 39.9 Å². The summed E-state index contributed by atoms with van der Waals surface area (Å²) in [6, 6.07) is 28.9. The first-order valence-corrected chi connectivity index (χ1v) is 14.5. The van der Waals surface area contributed by atoms with Gasteiger partial charge in [0.05, 0.1) is 23.6 Å². The zero-order chi connectivity index (χ0) is 27.7. The minimum atomic E-state index is -3.81. The summed E-state index contributed by atoms with van der Waals surface area (Å²) in [4.78, 5) is 12.1. The quantitative estimate of drug-likeness (QED) is 0.192. The van der Waals surface area contributed by atoms with Crippen molar-refractivity contribution in [2.45, 2.75) is 23.3 Å². The molecule has 0 fully saturated rings. The van der Waals surface area contributed by atoms with Crippen LogP contribution in [-0.4, -0.2) is 21.5 Å². The molecule has 1 heterocycles. The van der Waals surface area contributed by atoms with Crippen molar-refractivity contribution in [3.05, 3.63) is 126 Å². The summed E-state index contributed by atoms with van der Waals surface area (Å²) in [7, 11) is -2.45. The van der Waals surface area contributed by atoms with Crippen LogP contribution in [0.3, 0.4) is 0 Å². The van der Waals surface area contributed by atoms with E-state index in [2.05, 4.69) is 22.2 Å². The molecule has 7 nitrogen and oxygen atoms in total. The lowest BCUT2D eigenvalue weighted by atomic mass is 9.77. The molecule has 202 valence electrons. The number of benzene rings is 4. The van der Waals surface area contributed by atoms with E-state index < -0.39 is 10.0 Å². The van der Waals surface area contributed by atoms with Gasteiger partial charge in [-0.15, -0.1) is 0 Å². The summed E-state index contributed by atoms with van der Waals surface area (Å²) >= 11 is 0.